The number of thiophene rings is 1. The van der Waals surface area contributed by atoms with E-state index in [1.807, 2.05) is 17.5 Å². The Balaban J connectivity index is 2.70. The van der Waals surface area contributed by atoms with Gasteiger partial charge in [-0.3, -0.25) is 0 Å². The van der Waals surface area contributed by atoms with E-state index < -0.39 is 6.63 Å². The van der Waals surface area contributed by atoms with Crippen LogP contribution in [0.4, 0.5) is 0 Å². The summed E-state index contributed by atoms with van der Waals surface area (Å²) in [5.41, 5.74) is 0. The minimum atomic E-state index is -1.00. The van der Waals surface area contributed by atoms with E-state index in [-0.39, 0.29) is 0 Å². The van der Waals surface area contributed by atoms with Crippen molar-refractivity contribution < 1.29 is 0 Å². The number of benzene rings is 1. The van der Waals surface area contributed by atoms with Crippen LogP contribution in [0.15, 0.2) is 29.6 Å². The van der Waals surface area contributed by atoms with E-state index in [0.29, 0.717) is 0 Å². The molecular formula is C8H5Cl2PS. The van der Waals surface area contributed by atoms with Crippen molar-refractivity contribution >= 4 is 55.8 Å². The first-order valence-electron chi connectivity index (χ1n) is 3.37. The van der Waals surface area contributed by atoms with Crippen molar-refractivity contribution in [3.63, 3.8) is 0 Å². The van der Waals surface area contributed by atoms with Gasteiger partial charge in [0.2, 0.25) is 0 Å². The van der Waals surface area contributed by atoms with Crippen molar-refractivity contribution in [3.05, 3.63) is 29.6 Å². The first-order valence-corrected chi connectivity index (χ1v) is 7.40. The molecule has 0 saturated carbocycles. The zero-order valence-electron chi connectivity index (χ0n) is 6.00. The van der Waals surface area contributed by atoms with Crippen LogP contribution in [0.1, 0.15) is 0 Å². The second kappa shape index (κ2) is 3.51. The van der Waals surface area contributed by atoms with Crippen molar-refractivity contribution in [2.24, 2.45) is 0 Å². The zero-order chi connectivity index (χ0) is 8.55. The summed E-state index contributed by atoms with van der Waals surface area (Å²) in [5, 5.41) is 4.31. The Hall–Kier alpha value is 0.190. The second-order valence-corrected chi connectivity index (χ2v) is 6.76. The van der Waals surface area contributed by atoms with Gasteiger partial charge in [0.05, 0.1) is 0 Å². The molecule has 0 amide bonds. The van der Waals surface area contributed by atoms with Crippen molar-refractivity contribution in [3.8, 4) is 0 Å². The Bertz CT molecular complexity index is 397. The van der Waals surface area contributed by atoms with Crippen molar-refractivity contribution in [1.82, 2.24) is 0 Å². The second-order valence-electron chi connectivity index (χ2n) is 2.35. The maximum Gasteiger partial charge on any atom is 0.118 e. The number of fused-ring (bicyclic) bond motifs is 1. The third-order valence-corrected chi connectivity index (χ3v) is 4.61. The van der Waals surface area contributed by atoms with Gasteiger partial charge in [-0.15, -0.1) is 11.3 Å². The molecule has 12 heavy (non-hydrogen) atoms. The lowest BCUT2D eigenvalue weighted by Gasteiger charge is -1.96. The lowest BCUT2D eigenvalue weighted by Crippen LogP contribution is -1.88. The van der Waals surface area contributed by atoms with Gasteiger partial charge >= 0.3 is 0 Å². The summed E-state index contributed by atoms with van der Waals surface area (Å²) in [4.78, 5) is 0. The van der Waals surface area contributed by atoms with Crippen molar-refractivity contribution in [2.45, 2.75) is 0 Å². The fourth-order valence-electron chi connectivity index (χ4n) is 1.09. The molecular weight excluding hydrogens is 230 g/mol. The molecule has 0 atom stereocenters. The maximum atomic E-state index is 5.86. The predicted molar refractivity (Wildman–Crippen MR) is 60.1 cm³/mol. The molecule has 1 aromatic carbocycles. The Morgan fingerprint density at radius 3 is 2.67 bits per heavy atom. The average Bonchev–Trinajstić information content (AvgIpc) is 2.47. The number of hydrogen-bond acceptors (Lipinski definition) is 1. The van der Waals surface area contributed by atoms with Crippen LogP contribution in [-0.2, 0) is 0 Å². The molecule has 0 radical (unpaired) electrons. The number of rotatable bonds is 1. The Labute approximate surface area is 85.4 Å². The van der Waals surface area contributed by atoms with E-state index in [2.05, 4.69) is 12.1 Å². The summed E-state index contributed by atoms with van der Waals surface area (Å²) in [5.74, 6) is 0. The smallest absolute Gasteiger partial charge is 0.118 e. The highest BCUT2D eigenvalue weighted by Gasteiger charge is 2.09. The molecule has 62 valence electrons. The topological polar surface area (TPSA) is 0 Å². The largest absolute Gasteiger partial charge is 0.143 e. The molecule has 0 aliphatic carbocycles. The molecule has 1 aromatic heterocycles. The molecule has 0 spiro atoms. The first kappa shape index (κ1) is 8.77. The highest BCUT2D eigenvalue weighted by atomic mass is 35.9. The maximum absolute atomic E-state index is 5.86. The summed E-state index contributed by atoms with van der Waals surface area (Å²) >= 11 is 13.4. The number of halogens is 2. The van der Waals surface area contributed by atoms with Crippen LogP contribution in [0.2, 0.25) is 0 Å². The summed E-state index contributed by atoms with van der Waals surface area (Å²) in [6, 6.07) is 8.16. The van der Waals surface area contributed by atoms with Gasteiger partial charge in [0.1, 0.15) is 6.63 Å². The molecule has 0 fully saturated rings. The van der Waals surface area contributed by atoms with Crippen molar-refractivity contribution in [2.75, 3.05) is 0 Å². The van der Waals surface area contributed by atoms with Crippen LogP contribution in [0.25, 0.3) is 10.1 Å². The minimum Gasteiger partial charge on any atom is -0.143 e. The highest BCUT2D eigenvalue weighted by Crippen LogP contribution is 2.48. The molecule has 0 N–H and O–H groups in total. The van der Waals surface area contributed by atoms with Gasteiger partial charge in [-0.2, -0.15) is 0 Å². The van der Waals surface area contributed by atoms with E-state index >= 15 is 0 Å². The first-order chi connectivity index (χ1) is 5.79. The number of hydrogen-bond donors (Lipinski definition) is 0. The SMILES string of the molecule is ClP(Cl)c1csc2ccccc12. The van der Waals surface area contributed by atoms with Gasteiger partial charge in [0, 0.05) is 20.8 Å². The highest BCUT2D eigenvalue weighted by molar-refractivity contribution is 8.09. The Morgan fingerprint density at radius 2 is 1.92 bits per heavy atom. The van der Waals surface area contributed by atoms with Crippen LogP contribution in [0.5, 0.6) is 0 Å². The normalized spacial score (nSPS) is 11.2. The zero-order valence-corrected chi connectivity index (χ0v) is 9.22. The molecule has 0 bridgehead atoms. The van der Waals surface area contributed by atoms with E-state index in [1.165, 1.54) is 10.1 Å². The van der Waals surface area contributed by atoms with Gasteiger partial charge in [0.25, 0.3) is 0 Å². The van der Waals surface area contributed by atoms with E-state index in [4.69, 9.17) is 22.5 Å². The summed E-state index contributed by atoms with van der Waals surface area (Å²) in [6.45, 7) is -1.00. The van der Waals surface area contributed by atoms with E-state index in [1.54, 1.807) is 11.3 Å². The molecule has 2 rings (SSSR count). The fourth-order valence-corrected chi connectivity index (χ4v) is 4.12. The Kier molecular flexibility index (Phi) is 2.57. The van der Waals surface area contributed by atoms with Gasteiger partial charge in [-0.05, 0) is 6.07 Å². The van der Waals surface area contributed by atoms with Crippen LogP contribution in [0.3, 0.4) is 0 Å². The molecule has 0 saturated heterocycles. The van der Waals surface area contributed by atoms with E-state index in [0.717, 1.165) is 5.30 Å². The quantitative estimate of drug-likeness (QED) is 0.646. The third-order valence-electron chi connectivity index (χ3n) is 1.64. The van der Waals surface area contributed by atoms with Crippen LogP contribution >= 0.6 is 40.4 Å². The summed E-state index contributed by atoms with van der Waals surface area (Å²) in [6.07, 6.45) is 0. The van der Waals surface area contributed by atoms with Crippen molar-refractivity contribution in [1.29, 1.82) is 0 Å². The fraction of sp³-hybridized carbons (Fsp3) is 0. The lowest BCUT2D eigenvalue weighted by atomic mass is 10.3. The van der Waals surface area contributed by atoms with Crippen LogP contribution < -0.4 is 5.30 Å². The molecule has 0 aliphatic heterocycles. The molecule has 0 aliphatic rings. The van der Waals surface area contributed by atoms with Gasteiger partial charge in [0.15, 0.2) is 0 Å². The van der Waals surface area contributed by atoms with Gasteiger partial charge in [-0.1, -0.05) is 40.7 Å². The molecule has 0 unspecified atom stereocenters. The van der Waals surface area contributed by atoms with Crippen LogP contribution in [0, 0.1) is 0 Å². The predicted octanol–water partition coefficient (Wildman–Crippen LogP) is 4.32. The minimum absolute atomic E-state index is 1.00. The molecule has 1 heterocycles. The summed E-state index contributed by atoms with van der Waals surface area (Å²) < 4.78 is 1.25. The van der Waals surface area contributed by atoms with E-state index in [9.17, 15) is 0 Å². The lowest BCUT2D eigenvalue weighted by molar-refractivity contribution is 1.87. The van der Waals surface area contributed by atoms with Gasteiger partial charge in [-0.25, -0.2) is 0 Å². The third kappa shape index (κ3) is 1.47. The monoisotopic (exact) mass is 234 g/mol. The molecule has 4 heteroatoms. The standard InChI is InChI=1S/C8H5Cl2PS/c9-11(10)7-5-12-8-4-2-1-3-6(7)8/h1-5H. The summed E-state index contributed by atoms with van der Waals surface area (Å²) in [7, 11) is 0. The van der Waals surface area contributed by atoms with Gasteiger partial charge < -0.3 is 0 Å². The Morgan fingerprint density at radius 1 is 1.17 bits per heavy atom. The average molecular weight is 235 g/mol. The molecule has 2 aromatic rings. The molecule has 0 nitrogen and oxygen atoms in total. The van der Waals surface area contributed by atoms with Crippen LogP contribution in [-0.4, -0.2) is 0 Å².